The number of rotatable bonds is 6. The van der Waals surface area contributed by atoms with Crippen LogP contribution in [0.25, 0.3) is 0 Å². The van der Waals surface area contributed by atoms with Gasteiger partial charge in [-0.3, -0.25) is 4.79 Å². The van der Waals surface area contributed by atoms with Gasteiger partial charge in [-0.2, -0.15) is 0 Å². The third-order valence-electron chi connectivity index (χ3n) is 4.79. The van der Waals surface area contributed by atoms with Crippen molar-refractivity contribution in [3.8, 4) is 0 Å². The number of hydrogen-bond acceptors (Lipinski definition) is 4. The van der Waals surface area contributed by atoms with Gasteiger partial charge < -0.3 is 20.1 Å². The number of hydrogen-bond donors (Lipinski definition) is 2. The zero-order chi connectivity index (χ0) is 14.6. The molecule has 0 spiro atoms. The minimum absolute atomic E-state index is 0.334. The van der Waals surface area contributed by atoms with E-state index in [1.54, 1.807) is 0 Å². The van der Waals surface area contributed by atoms with E-state index in [1.807, 2.05) is 6.92 Å². The SMILES string of the molecule is CCNC1(C(=O)O)CCCC(N(C)CC2CCCO2)C1. The van der Waals surface area contributed by atoms with Crippen molar-refractivity contribution in [2.45, 2.75) is 63.1 Å². The molecule has 1 saturated carbocycles. The summed E-state index contributed by atoms with van der Waals surface area (Å²) in [5, 5.41) is 12.8. The van der Waals surface area contributed by atoms with Crippen LogP contribution in [0.4, 0.5) is 0 Å². The fourth-order valence-corrected chi connectivity index (χ4v) is 3.65. The Morgan fingerprint density at radius 1 is 1.45 bits per heavy atom. The Kier molecular flexibility index (Phi) is 5.41. The predicted octanol–water partition coefficient (Wildman–Crippen LogP) is 1.47. The molecule has 20 heavy (non-hydrogen) atoms. The Labute approximate surface area is 121 Å². The second-order valence-electron chi connectivity index (χ2n) is 6.24. The summed E-state index contributed by atoms with van der Waals surface area (Å²) in [6.45, 7) is 4.48. The van der Waals surface area contributed by atoms with Crippen LogP contribution in [0.15, 0.2) is 0 Å². The van der Waals surface area contributed by atoms with Gasteiger partial charge in [-0.1, -0.05) is 6.92 Å². The van der Waals surface area contributed by atoms with Crippen LogP contribution in [-0.4, -0.2) is 60.4 Å². The summed E-state index contributed by atoms with van der Waals surface area (Å²) in [4.78, 5) is 14.0. The number of likely N-dealkylation sites (N-methyl/N-ethyl adjacent to an activating group) is 2. The second-order valence-corrected chi connectivity index (χ2v) is 6.24. The van der Waals surface area contributed by atoms with Gasteiger partial charge in [-0.15, -0.1) is 0 Å². The molecule has 1 aliphatic heterocycles. The van der Waals surface area contributed by atoms with Crippen molar-refractivity contribution >= 4 is 5.97 Å². The van der Waals surface area contributed by atoms with Crippen LogP contribution in [0, 0.1) is 0 Å². The Morgan fingerprint density at radius 2 is 2.25 bits per heavy atom. The fourth-order valence-electron chi connectivity index (χ4n) is 3.65. The van der Waals surface area contributed by atoms with E-state index in [0.29, 0.717) is 25.1 Å². The first-order valence-corrected chi connectivity index (χ1v) is 7.87. The highest BCUT2D eigenvalue weighted by molar-refractivity contribution is 5.79. The van der Waals surface area contributed by atoms with Gasteiger partial charge in [0.05, 0.1) is 6.10 Å². The molecule has 0 aromatic rings. The quantitative estimate of drug-likeness (QED) is 0.773. The van der Waals surface area contributed by atoms with Gasteiger partial charge in [0, 0.05) is 19.2 Å². The fraction of sp³-hybridized carbons (Fsp3) is 0.933. The molecule has 2 aliphatic rings. The number of nitrogens with one attached hydrogen (secondary N) is 1. The molecular formula is C15H28N2O3. The summed E-state index contributed by atoms with van der Waals surface area (Å²) >= 11 is 0. The van der Waals surface area contributed by atoms with E-state index in [1.165, 1.54) is 0 Å². The average molecular weight is 284 g/mol. The van der Waals surface area contributed by atoms with E-state index >= 15 is 0 Å². The number of carboxylic acids is 1. The summed E-state index contributed by atoms with van der Waals surface area (Å²) in [7, 11) is 2.11. The lowest BCUT2D eigenvalue weighted by atomic mass is 9.78. The van der Waals surface area contributed by atoms with Crippen LogP contribution in [0.2, 0.25) is 0 Å². The minimum Gasteiger partial charge on any atom is -0.480 e. The minimum atomic E-state index is -0.734. The summed E-state index contributed by atoms with van der Waals surface area (Å²) in [5.41, 5.74) is -0.734. The second kappa shape index (κ2) is 6.87. The number of ether oxygens (including phenoxy) is 1. The highest BCUT2D eigenvalue weighted by Gasteiger charge is 2.43. The molecule has 0 aromatic heterocycles. The van der Waals surface area contributed by atoms with Crippen LogP contribution in [0.3, 0.4) is 0 Å². The van der Waals surface area contributed by atoms with E-state index in [2.05, 4.69) is 17.3 Å². The van der Waals surface area contributed by atoms with Gasteiger partial charge in [0.25, 0.3) is 0 Å². The normalized spacial score (nSPS) is 34.5. The highest BCUT2D eigenvalue weighted by atomic mass is 16.5. The maximum atomic E-state index is 11.7. The molecule has 1 saturated heterocycles. The van der Waals surface area contributed by atoms with Gasteiger partial charge in [-0.25, -0.2) is 0 Å². The number of carboxylic acid groups (broad SMARTS) is 1. The Balaban J connectivity index is 1.95. The van der Waals surface area contributed by atoms with Crippen molar-refractivity contribution in [2.75, 3.05) is 26.7 Å². The van der Waals surface area contributed by atoms with E-state index in [0.717, 1.165) is 45.3 Å². The van der Waals surface area contributed by atoms with E-state index in [9.17, 15) is 9.90 Å². The molecular weight excluding hydrogens is 256 g/mol. The molecule has 2 N–H and O–H groups in total. The molecule has 1 aliphatic carbocycles. The van der Waals surface area contributed by atoms with Gasteiger partial charge in [0.1, 0.15) is 5.54 Å². The topological polar surface area (TPSA) is 61.8 Å². The van der Waals surface area contributed by atoms with E-state index in [-0.39, 0.29) is 0 Å². The van der Waals surface area contributed by atoms with E-state index < -0.39 is 11.5 Å². The average Bonchev–Trinajstić information content (AvgIpc) is 2.92. The standard InChI is InChI=1S/C15H28N2O3/c1-3-16-15(14(18)19)8-4-6-12(10-15)17(2)11-13-7-5-9-20-13/h12-13,16H,3-11H2,1-2H3,(H,18,19). The monoisotopic (exact) mass is 284 g/mol. The van der Waals surface area contributed by atoms with Crippen molar-refractivity contribution in [1.29, 1.82) is 0 Å². The number of carbonyl (C=O) groups is 1. The lowest BCUT2D eigenvalue weighted by Crippen LogP contribution is -2.58. The largest absolute Gasteiger partial charge is 0.480 e. The van der Waals surface area contributed by atoms with Crippen LogP contribution < -0.4 is 5.32 Å². The first-order valence-electron chi connectivity index (χ1n) is 7.87. The molecule has 3 atom stereocenters. The molecule has 2 fully saturated rings. The third-order valence-corrected chi connectivity index (χ3v) is 4.79. The smallest absolute Gasteiger partial charge is 0.323 e. The Bertz CT molecular complexity index is 327. The summed E-state index contributed by atoms with van der Waals surface area (Å²) in [6.07, 6.45) is 6.11. The Morgan fingerprint density at radius 3 is 2.85 bits per heavy atom. The first kappa shape index (κ1) is 15.7. The van der Waals surface area contributed by atoms with E-state index in [4.69, 9.17) is 4.74 Å². The summed E-state index contributed by atoms with van der Waals surface area (Å²) in [6, 6.07) is 0.336. The van der Waals surface area contributed by atoms with Crippen LogP contribution >= 0.6 is 0 Å². The molecule has 5 heteroatoms. The number of aliphatic carboxylic acids is 1. The zero-order valence-corrected chi connectivity index (χ0v) is 12.7. The summed E-state index contributed by atoms with van der Waals surface area (Å²) in [5.74, 6) is -0.699. The molecule has 0 amide bonds. The maximum absolute atomic E-state index is 11.7. The van der Waals surface area contributed by atoms with Crippen LogP contribution in [0.5, 0.6) is 0 Å². The van der Waals surface area contributed by atoms with Crippen LogP contribution in [-0.2, 0) is 9.53 Å². The van der Waals surface area contributed by atoms with Gasteiger partial charge in [-0.05, 0) is 52.1 Å². The van der Waals surface area contributed by atoms with Gasteiger partial charge in [0.15, 0.2) is 0 Å². The van der Waals surface area contributed by atoms with Crippen molar-refractivity contribution in [3.63, 3.8) is 0 Å². The molecule has 3 unspecified atom stereocenters. The predicted molar refractivity (Wildman–Crippen MR) is 77.9 cm³/mol. The zero-order valence-electron chi connectivity index (χ0n) is 12.7. The third kappa shape index (κ3) is 3.51. The van der Waals surface area contributed by atoms with Crippen LogP contribution in [0.1, 0.15) is 45.4 Å². The summed E-state index contributed by atoms with van der Waals surface area (Å²) < 4.78 is 5.69. The van der Waals surface area contributed by atoms with Crippen molar-refractivity contribution in [2.24, 2.45) is 0 Å². The lowest BCUT2D eigenvalue weighted by molar-refractivity contribution is -0.147. The van der Waals surface area contributed by atoms with Gasteiger partial charge in [0.2, 0.25) is 0 Å². The molecule has 2 rings (SSSR count). The maximum Gasteiger partial charge on any atom is 0.323 e. The highest BCUT2D eigenvalue weighted by Crippen LogP contribution is 2.31. The van der Waals surface area contributed by atoms with Crippen molar-refractivity contribution in [1.82, 2.24) is 10.2 Å². The molecule has 0 aromatic carbocycles. The Hall–Kier alpha value is -0.650. The molecule has 0 bridgehead atoms. The van der Waals surface area contributed by atoms with Crippen molar-refractivity contribution < 1.29 is 14.6 Å². The first-order chi connectivity index (χ1) is 9.57. The molecule has 1 heterocycles. The molecule has 0 radical (unpaired) electrons. The molecule has 116 valence electrons. The molecule has 5 nitrogen and oxygen atoms in total. The lowest BCUT2D eigenvalue weighted by Gasteiger charge is -2.42. The van der Waals surface area contributed by atoms with Crippen molar-refractivity contribution in [3.05, 3.63) is 0 Å². The number of nitrogens with zero attached hydrogens (tertiary/aromatic N) is 1. The van der Waals surface area contributed by atoms with Gasteiger partial charge >= 0.3 is 5.97 Å².